The summed E-state index contributed by atoms with van der Waals surface area (Å²) in [7, 11) is -1.41. The lowest BCUT2D eigenvalue weighted by molar-refractivity contribution is 0.100. The number of nitrogens with two attached hydrogens (primary N) is 1. The van der Waals surface area contributed by atoms with Gasteiger partial charge in [-0.15, -0.1) is 6.42 Å². The molecule has 8 heteroatoms. The summed E-state index contributed by atoms with van der Waals surface area (Å²) in [5.41, 5.74) is 9.96. The Morgan fingerprint density at radius 3 is 2.57 bits per heavy atom. The van der Waals surface area contributed by atoms with Gasteiger partial charge in [0.2, 0.25) is 10.0 Å². The lowest BCUT2D eigenvalue weighted by Gasteiger charge is -2.31. The molecule has 184 valence electrons. The summed E-state index contributed by atoms with van der Waals surface area (Å²) in [6.07, 6.45) is 9.27. The van der Waals surface area contributed by atoms with Crippen molar-refractivity contribution in [3.63, 3.8) is 0 Å². The minimum absolute atomic E-state index is 0.127. The SMILES string of the molecule is C#CCN(C)CCCS(=O)(=O)N1CCC(c2c[nH]c3c(C(N)=O)cc(-c4ccccc4)cc23)CC1. The smallest absolute Gasteiger partial charge is 0.250 e. The van der Waals surface area contributed by atoms with E-state index in [1.807, 2.05) is 54.5 Å². The van der Waals surface area contributed by atoms with E-state index in [1.54, 1.807) is 4.31 Å². The number of sulfonamides is 1. The van der Waals surface area contributed by atoms with Crippen LogP contribution in [0.25, 0.3) is 22.0 Å². The molecule has 0 bridgehead atoms. The maximum atomic E-state index is 12.9. The molecule has 1 saturated heterocycles. The number of hydrogen-bond donors (Lipinski definition) is 2. The first kappa shape index (κ1) is 25.0. The topological polar surface area (TPSA) is 99.5 Å². The number of piperidine rings is 1. The number of benzene rings is 2. The molecule has 1 aliphatic rings. The quantitative estimate of drug-likeness (QED) is 0.447. The second kappa shape index (κ2) is 10.6. The summed E-state index contributed by atoms with van der Waals surface area (Å²) in [5, 5.41) is 0.970. The van der Waals surface area contributed by atoms with Crippen molar-refractivity contribution >= 4 is 26.8 Å². The van der Waals surface area contributed by atoms with Gasteiger partial charge in [0.25, 0.3) is 5.91 Å². The molecule has 0 spiro atoms. The molecule has 0 saturated carbocycles. The van der Waals surface area contributed by atoms with Crippen LogP contribution in [0.4, 0.5) is 0 Å². The number of nitrogens with zero attached hydrogens (tertiary/aromatic N) is 2. The summed E-state index contributed by atoms with van der Waals surface area (Å²) >= 11 is 0. The third-order valence-corrected chi connectivity index (χ3v) is 8.74. The van der Waals surface area contributed by atoms with Gasteiger partial charge >= 0.3 is 0 Å². The largest absolute Gasteiger partial charge is 0.366 e. The zero-order valence-corrected chi connectivity index (χ0v) is 20.9. The Hall–Kier alpha value is -3.12. The lowest BCUT2D eigenvalue weighted by Crippen LogP contribution is -2.39. The lowest BCUT2D eigenvalue weighted by atomic mass is 9.88. The van der Waals surface area contributed by atoms with Crippen LogP contribution in [-0.4, -0.2) is 67.5 Å². The molecule has 0 aliphatic carbocycles. The Morgan fingerprint density at radius 1 is 1.20 bits per heavy atom. The molecule has 7 nitrogen and oxygen atoms in total. The van der Waals surface area contributed by atoms with Crippen molar-refractivity contribution in [3.05, 3.63) is 59.8 Å². The number of primary amides is 1. The summed E-state index contributed by atoms with van der Waals surface area (Å²) in [5.74, 6) is 2.42. The van der Waals surface area contributed by atoms with Crippen molar-refractivity contribution < 1.29 is 13.2 Å². The third-order valence-electron chi connectivity index (χ3n) is 6.78. The molecule has 35 heavy (non-hydrogen) atoms. The molecule has 0 radical (unpaired) electrons. The molecule has 0 unspecified atom stereocenters. The number of hydrogen-bond acceptors (Lipinski definition) is 4. The van der Waals surface area contributed by atoms with E-state index in [4.69, 9.17) is 12.2 Å². The number of carbonyl (C=O) groups is 1. The molecule has 2 aromatic carbocycles. The van der Waals surface area contributed by atoms with Crippen LogP contribution in [0.2, 0.25) is 0 Å². The number of H-pyrrole nitrogens is 1. The number of fused-ring (bicyclic) bond motifs is 1. The average molecular weight is 493 g/mol. The van der Waals surface area contributed by atoms with E-state index in [0.29, 0.717) is 38.2 Å². The van der Waals surface area contributed by atoms with Gasteiger partial charge in [0, 0.05) is 24.7 Å². The molecule has 4 rings (SSSR count). The second-order valence-corrected chi connectivity index (χ2v) is 11.3. The fourth-order valence-electron chi connectivity index (χ4n) is 4.91. The van der Waals surface area contributed by atoms with Crippen LogP contribution < -0.4 is 5.73 Å². The number of rotatable bonds is 9. The molecular formula is C27H32N4O3S. The highest BCUT2D eigenvalue weighted by molar-refractivity contribution is 7.89. The molecule has 2 heterocycles. The first-order valence-electron chi connectivity index (χ1n) is 11.9. The molecule has 1 amide bonds. The Morgan fingerprint density at radius 2 is 1.91 bits per heavy atom. The third kappa shape index (κ3) is 5.59. The molecule has 1 fully saturated rings. The van der Waals surface area contributed by atoms with Gasteiger partial charge in [-0.05, 0) is 67.6 Å². The normalized spacial score (nSPS) is 15.5. The minimum Gasteiger partial charge on any atom is -0.366 e. The Balaban J connectivity index is 1.51. The van der Waals surface area contributed by atoms with Gasteiger partial charge in [-0.1, -0.05) is 36.3 Å². The second-order valence-electron chi connectivity index (χ2n) is 9.21. The van der Waals surface area contributed by atoms with Gasteiger partial charge in [0.05, 0.1) is 23.4 Å². The molecule has 3 aromatic rings. The van der Waals surface area contributed by atoms with Gasteiger partial charge in [-0.25, -0.2) is 12.7 Å². The maximum Gasteiger partial charge on any atom is 0.250 e. The highest BCUT2D eigenvalue weighted by Gasteiger charge is 2.30. The number of carbonyl (C=O) groups excluding carboxylic acids is 1. The van der Waals surface area contributed by atoms with Crippen molar-refractivity contribution in [2.75, 3.05) is 39.0 Å². The van der Waals surface area contributed by atoms with Crippen LogP contribution >= 0.6 is 0 Å². The van der Waals surface area contributed by atoms with Crippen LogP contribution in [0.15, 0.2) is 48.7 Å². The highest BCUT2D eigenvalue weighted by Crippen LogP contribution is 2.37. The number of aromatic nitrogens is 1. The van der Waals surface area contributed by atoms with Crippen LogP contribution in [0.3, 0.4) is 0 Å². The summed E-state index contributed by atoms with van der Waals surface area (Å²) in [6, 6.07) is 13.8. The van der Waals surface area contributed by atoms with Gasteiger partial charge in [0.1, 0.15) is 0 Å². The molecular weight excluding hydrogens is 460 g/mol. The summed E-state index contributed by atoms with van der Waals surface area (Å²) < 4.78 is 27.3. The van der Waals surface area contributed by atoms with Gasteiger partial charge in [0.15, 0.2) is 0 Å². The monoisotopic (exact) mass is 492 g/mol. The fraction of sp³-hybridized carbons (Fsp3) is 0.370. The number of aromatic amines is 1. The van der Waals surface area contributed by atoms with E-state index in [0.717, 1.165) is 40.4 Å². The standard InChI is InChI=1S/C27H32N4O3S/c1-3-12-30(2)13-7-16-35(33,34)31-14-10-21(11-15-31)25-19-29-26-23(25)17-22(18-24(26)27(28)32)20-8-5-4-6-9-20/h1,4-6,8-9,17-19,21,29H,7,10-16H2,2H3,(H2,28,32). The molecule has 1 aromatic heterocycles. The zero-order chi connectivity index (χ0) is 25.0. The van der Waals surface area contributed by atoms with Crippen molar-refractivity contribution in [2.24, 2.45) is 5.73 Å². The van der Waals surface area contributed by atoms with Gasteiger partial charge in [-0.2, -0.15) is 0 Å². The van der Waals surface area contributed by atoms with E-state index in [1.165, 1.54) is 0 Å². The van der Waals surface area contributed by atoms with E-state index in [-0.39, 0.29) is 11.7 Å². The van der Waals surface area contributed by atoms with Gasteiger partial charge in [-0.3, -0.25) is 9.69 Å². The highest BCUT2D eigenvalue weighted by atomic mass is 32.2. The van der Waals surface area contributed by atoms with E-state index < -0.39 is 15.9 Å². The number of nitrogens with one attached hydrogen (secondary N) is 1. The Kier molecular flexibility index (Phi) is 7.60. The van der Waals surface area contributed by atoms with Crippen molar-refractivity contribution in [3.8, 4) is 23.5 Å². The van der Waals surface area contributed by atoms with E-state index in [9.17, 15) is 13.2 Å². The van der Waals surface area contributed by atoms with Crippen molar-refractivity contribution in [1.29, 1.82) is 0 Å². The summed E-state index contributed by atoms with van der Waals surface area (Å²) in [6.45, 7) is 2.14. The predicted molar refractivity (Wildman–Crippen MR) is 141 cm³/mol. The Bertz CT molecular complexity index is 1330. The van der Waals surface area contributed by atoms with Gasteiger partial charge < -0.3 is 10.7 Å². The van der Waals surface area contributed by atoms with Crippen molar-refractivity contribution in [1.82, 2.24) is 14.2 Å². The van der Waals surface area contributed by atoms with Crippen LogP contribution in [-0.2, 0) is 10.0 Å². The predicted octanol–water partition coefficient (Wildman–Crippen LogP) is 3.40. The summed E-state index contributed by atoms with van der Waals surface area (Å²) in [4.78, 5) is 17.4. The average Bonchev–Trinajstić information content (AvgIpc) is 3.28. The van der Waals surface area contributed by atoms with E-state index in [2.05, 4.69) is 17.0 Å². The molecule has 1 aliphatic heterocycles. The zero-order valence-electron chi connectivity index (χ0n) is 20.0. The molecule has 0 atom stereocenters. The van der Waals surface area contributed by atoms with E-state index >= 15 is 0 Å². The fourth-order valence-corrected chi connectivity index (χ4v) is 6.43. The number of terminal acetylenes is 1. The van der Waals surface area contributed by atoms with Crippen LogP contribution in [0, 0.1) is 12.3 Å². The van der Waals surface area contributed by atoms with Crippen LogP contribution in [0.5, 0.6) is 0 Å². The van der Waals surface area contributed by atoms with Crippen LogP contribution in [0.1, 0.15) is 41.1 Å². The minimum atomic E-state index is -3.30. The Labute approximate surface area is 207 Å². The first-order chi connectivity index (χ1) is 16.8. The van der Waals surface area contributed by atoms with Crippen molar-refractivity contribution in [2.45, 2.75) is 25.2 Å². The maximum absolute atomic E-state index is 12.9. The first-order valence-corrected chi connectivity index (χ1v) is 13.5. The number of amides is 1. The molecule has 3 N–H and O–H groups in total.